The highest BCUT2D eigenvalue weighted by molar-refractivity contribution is 6.32. The van der Waals surface area contributed by atoms with Crippen molar-refractivity contribution < 1.29 is 14.3 Å². The van der Waals surface area contributed by atoms with Crippen LogP contribution >= 0.6 is 11.6 Å². The lowest BCUT2D eigenvalue weighted by Gasteiger charge is -2.31. The van der Waals surface area contributed by atoms with E-state index in [4.69, 9.17) is 21.1 Å². The molecule has 2 N–H and O–H groups in total. The Morgan fingerprint density at radius 3 is 2.74 bits per heavy atom. The lowest BCUT2D eigenvalue weighted by atomic mass is 9.94. The van der Waals surface area contributed by atoms with Crippen molar-refractivity contribution in [3.8, 4) is 11.5 Å². The molecule has 142 valence electrons. The molecule has 0 saturated heterocycles. The van der Waals surface area contributed by atoms with E-state index in [2.05, 4.69) is 15.6 Å². The van der Waals surface area contributed by atoms with Crippen LogP contribution in [0.25, 0.3) is 0 Å². The zero-order chi connectivity index (χ0) is 18.9. The summed E-state index contributed by atoms with van der Waals surface area (Å²) in [6.45, 7) is 1.78. The predicted molar refractivity (Wildman–Crippen MR) is 104 cm³/mol. The largest absolute Gasteiger partial charge is 0.448 e. The number of halogens is 1. The molecule has 1 aromatic heterocycles. The van der Waals surface area contributed by atoms with Gasteiger partial charge in [-0.1, -0.05) is 18.0 Å². The van der Waals surface area contributed by atoms with E-state index in [1.54, 1.807) is 25.3 Å². The van der Waals surface area contributed by atoms with Gasteiger partial charge in [0.05, 0.1) is 5.69 Å². The Hall–Kier alpha value is -2.47. The Balaban J connectivity index is 1.41. The Bertz CT molecular complexity index is 852. The van der Waals surface area contributed by atoms with Gasteiger partial charge in [0.1, 0.15) is 6.04 Å². The molecular formula is C20H22ClN3O3. The van der Waals surface area contributed by atoms with Crippen molar-refractivity contribution in [3.63, 3.8) is 0 Å². The van der Waals surface area contributed by atoms with E-state index >= 15 is 0 Å². The second-order valence-electron chi connectivity index (χ2n) is 7.03. The predicted octanol–water partition coefficient (Wildman–Crippen LogP) is 4.61. The third-order valence-corrected chi connectivity index (χ3v) is 5.25. The third-order valence-electron chi connectivity index (χ3n) is 4.94. The van der Waals surface area contributed by atoms with Gasteiger partial charge in [-0.2, -0.15) is 0 Å². The first-order valence-corrected chi connectivity index (χ1v) is 9.62. The highest BCUT2D eigenvalue weighted by Gasteiger charge is 2.42. The van der Waals surface area contributed by atoms with Gasteiger partial charge in [0.25, 0.3) is 5.79 Å². The van der Waals surface area contributed by atoms with Crippen molar-refractivity contribution in [3.05, 3.63) is 41.7 Å². The zero-order valence-corrected chi connectivity index (χ0v) is 15.9. The van der Waals surface area contributed by atoms with Crippen LogP contribution in [0.2, 0.25) is 5.15 Å². The Morgan fingerprint density at radius 2 is 1.96 bits per heavy atom. The van der Waals surface area contributed by atoms with Gasteiger partial charge in [0, 0.05) is 30.8 Å². The Kier molecular flexibility index (Phi) is 4.83. The van der Waals surface area contributed by atoms with Gasteiger partial charge in [0.2, 0.25) is 5.91 Å². The van der Waals surface area contributed by atoms with Crippen LogP contribution in [0.4, 0.5) is 11.4 Å². The number of benzene rings is 1. The average Bonchev–Trinajstić information content (AvgIpc) is 3.00. The second kappa shape index (κ2) is 7.27. The summed E-state index contributed by atoms with van der Waals surface area (Å²) in [5, 5.41) is 6.23. The Labute approximate surface area is 163 Å². The van der Waals surface area contributed by atoms with Crippen LogP contribution in [0.3, 0.4) is 0 Å². The maximum atomic E-state index is 12.4. The summed E-state index contributed by atoms with van der Waals surface area (Å²) in [5.41, 5.74) is 1.29. The molecule has 0 radical (unpaired) electrons. The lowest BCUT2D eigenvalue weighted by molar-refractivity contribution is -0.116. The molecule has 27 heavy (non-hydrogen) atoms. The molecule has 6 nitrogen and oxygen atoms in total. The van der Waals surface area contributed by atoms with E-state index in [1.165, 1.54) is 6.42 Å². The molecule has 1 amide bonds. The van der Waals surface area contributed by atoms with Gasteiger partial charge in [-0.15, -0.1) is 0 Å². The number of ether oxygens (including phenoxy) is 2. The van der Waals surface area contributed by atoms with E-state index in [1.807, 2.05) is 18.2 Å². The normalized spacial score (nSPS) is 18.1. The third kappa shape index (κ3) is 3.81. The van der Waals surface area contributed by atoms with Crippen LogP contribution in [0.15, 0.2) is 36.5 Å². The van der Waals surface area contributed by atoms with Crippen molar-refractivity contribution in [2.45, 2.75) is 50.9 Å². The molecule has 1 aromatic carbocycles. The molecule has 4 rings (SSSR count). The number of carbonyl (C=O) groups excluding carboxylic acids is 1. The molecule has 0 bridgehead atoms. The van der Waals surface area contributed by atoms with E-state index in [9.17, 15) is 4.79 Å². The lowest BCUT2D eigenvalue weighted by Crippen LogP contribution is -2.40. The minimum Gasteiger partial charge on any atom is -0.448 e. The fourth-order valence-corrected chi connectivity index (χ4v) is 3.68. The smallest absolute Gasteiger partial charge is 0.251 e. The minimum absolute atomic E-state index is 0.202. The van der Waals surface area contributed by atoms with Crippen molar-refractivity contribution >= 4 is 28.9 Å². The first-order valence-electron chi connectivity index (χ1n) is 9.25. The van der Waals surface area contributed by atoms with Gasteiger partial charge < -0.3 is 20.1 Å². The molecule has 1 atom stereocenters. The Morgan fingerprint density at radius 1 is 1.19 bits per heavy atom. The van der Waals surface area contributed by atoms with Gasteiger partial charge in [0.15, 0.2) is 16.7 Å². The van der Waals surface area contributed by atoms with Crippen LogP contribution in [0.5, 0.6) is 11.5 Å². The van der Waals surface area contributed by atoms with Crippen molar-refractivity contribution in [1.29, 1.82) is 0 Å². The molecule has 1 fully saturated rings. The molecule has 7 heteroatoms. The first-order chi connectivity index (χ1) is 13.0. The number of nitrogens with zero attached hydrogens (tertiary/aromatic N) is 1. The van der Waals surface area contributed by atoms with Crippen LogP contribution in [0.1, 0.15) is 39.0 Å². The molecule has 1 spiro atoms. The number of hydrogen-bond acceptors (Lipinski definition) is 5. The highest BCUT2D eigenvalue weighted by atomic mass is 35.5. The summed E-state index contributed by atoms with van der Waals surface area (Å²) in [4.78, 5) is 16.4. The molecule has 2 aliphatic rings. The number of rotatable bonds is 4. The number of anilines is 2. The summed E-state index contributed by atoms with van der Waals surface area (Å²) < 4.78 is 12.2. The summed E-state index contributed by atoms with van der Waals surface area (Å²) in [6.07, 6.45) is 6.86. The first kappa shape index (κ1) is 17.9. The van der Waals surface area contributed by atoms with Crippen LogP contribution in [0, 0.1) is 0 Å². The molecule has 1 saturated carbocycles. The second-order valence-corrected chi connectivity index (χ2v) is 7.39. The molecule has 2 aromatic rings. The van der Waals surface area contributed by atoms with E-state index in [0.717, 1.165) is 42.9 Å². The molecule has 1 aliphatic carbocycles. The average molecular weight is 388 g/mol. The van der Waals surface area contributed by atoms with Gasteiger partial charge >= 0.3 is 0 Å². The molecule has 2 heterocycles. The summed E-state index contributed by atoms with van der Waals surface area (Å²) in [7, 11) is 0. The standard InChI is InChI=1S/C20H22ClN3O3/c1-13(19(25)24-15-6-5-11-22-18(15)21)23-14-7-8-16-17(12-14)27-20(26-16)9-3-2-4-10-20/h5-8,11-13,23H,2-4,9-10H2,1H3,(H,24,25). The van der Waals surface area contributed by atoms with Crippen LogP contribution in [-0.2, 0) is 4.79 Å². The quantitative estimate of drug-likeness (QED) is 0.750. The minimum atomic E-state index is -0.501. The van der Waals surface area contributed by atoms with Crippen molar-refractivity contribution in [1.82, 2.24) is 4.98 Å². The van der Waals surface area contributed by atoms with Crippen molar-refractivity contribution in [2.24, 2.45) is 0 Å². The number of hydrogen-bond donors (Lipinski definition) is 2. The summed E-state index contributed by atoms with van der Waals surface area (Å²) in [6, 6.07) is 8.64. The maximum absolute atomic E-state index is 12.4. The molecular weight excluding hydrogens is 366 g/mol. The number of fused-ring (bicyclic) bond motifs is 1. The van der Waals surface area contributed by atoms with Crippen LogP contribution < -0.4 is 20.1 Å². The maximum Gasteiger partial charge on any atom is 0.251 e. The van der Waals surface area contributed by atoms with E-state index < -0.39 is 11.8 Å². The number of aromatic nitrogens is 1. The summed E-state index contributed by atoms with van der Waals surface area (Å²) >= 11 is 5.99. The number of carbonyl (C=O) groups is 1. The van der Waals surface area contributed by atoms with Gasteiger partial charge in [-0.05, 0) is 44.0 Å². The SMILES string of the molecule is CC(Nc1ccc2c(c1)OC1(CCCCC1)O2)C(=O)Nc1cccnc1Cl. The van der Waals surface area contributed by atoms with Crippen LogP contribution in [-0.4, -0.2) is 22.7 Å². The fraction of sp³-hybridized carbons (Fsp3) is 0.400. The van der Waals surface area contributed by atoms with Gasteiger partial charge in [-0.3, -0.25) is 4.79 Å². The van der Waals surface area contributed by atoms with Gasteiger partial charge in [-0.25, -0.2) is 4.98 Å². The molecule has 1 unspecified atom stereocenters. The fourth-order valence-electron chi connectivity index (χ4n) is 3.51. The number of nitrogens with one attached hydrogen (secondary N) is 2. The zero-order valence-electron chi connectivity index (χ0n) is 15.1. The highest BCUT2D eigenvalue weighted by Crippen LogP contribution is 2.46. The van der Waals surface area contributed by atoms with E-state index in [-0.39, 0.29) is 11.1 Å². The number of amides is 1. The monoisotopic (exact) mass is 387 g/mol. The number of pyridine rings is 1. The molecule has 1 aliphatic heterocycles. The van der Waals surface area contributed by atoms with E-state index in [0.29, 0.717) is 5.69 Å². The van der Waals surface area contributed by atoms with Crippen molar-refractivity contribution in [2.75, 3.05) is 10.6 Å². The summed E-state index contributed by atoms with van der Waals surface area (Å²) in [5.74, 6) is 0.789. The topological polar surface area (TPSA) is 72.5 Å².